The molecule has 0 aliphatic carbocycles. The van der Waals surface area contributed by atoms with Gasteiger partial charge in [-0.1, -0.05) is 12.8 Å². The number of aldehydes is 2. The van der Waals surface area contributed by atoms with Gasteiger partial charge in [-0.05, 0) is 19.4 Å². The Morgan fingerprint density at radius 1 is 1.08 bits per heavy atom. The summed E-state index contributed by atoms with van der Waals surface area (Å²) in [7, 11) is 0. The van der Waals surface area contributed by atoms with Gasteiger partial charge in [0.2, 0.25) is 0 Å². The zero-order chi connectivity index (χ0) is 9.45. The van der Waals surface area contributed by atoms with Crippen LogP contribution in [0.1, 0.15) is 25.7 Å². The molecule has 0 saturated heterocycles. The second-order valence-electron chi connectivity index (χ2n) is 2.95. The minimum atomic E-state index is -1.27. The summed E-state index contributed by atoms with van der Waals surface area (Å²) < 4.78 is 0. The molecular formula is C8H16N2O2. The lowest BCUT2D eigenvalue weighted by atomic mass is 9.97. The molecule has 0 aliphatic rings. The average molecular weight is 172 g/mol. The molecule has 0 aromatic carbocycles. The molecule has 0 aromatic heterocycles. The number of carbonyl (C=O) groups excluding carboxylic acids is 2. The van der Waals surface area contributed by atoms with E-state index in [4.69, 9.17) is 11.5 Å². The van der Waals surface area contributed by atoms with Crippen LogP contribution < -0.4 is 11.5 Å². The van der Waals surface area contributed by atoms with E-state index in [9.17, 15) is 9.59 Å². The molecule has 4 nitrogen and oxygen atoms in total. The smallest absolute Gasteiger partial charge is 0.147 e. The third-order valence-electron chi connectivity index (χ3n) is 1.75. The van der Waals surface area contributed by atoms with E-state index in [0.717, 1.165) is 19.3 Å². The first-order valence-electron chi connectivity index (χ1n) is 4.10. The van der Waals surface area contributed by atoms with Gasteiger partial charge in [0, 0.05) is 0 Å². The molecule has 12 heavy (non-hydrogen) atoms. The summed E-state index contributed by atoms with van der Waals surface area (Å²) in [5.41, 5.74) is 9.42. The summed E-state index contributed by atoms with van der Waals surface area (Å²) in [5.74, 6) is 0. The van der Waals surface area contributed by atoms with Gasteiger partial charge < -0.3 is 21.1 Å². The Balaban J connectivity index is 3.58. The van der Waals surface area contributed by atoms with Crippen LogP contribution in [0.15, 0.2) is 0 Å². The maximum Gasteiger partial charge on any atom is 0.147 e. The number of nitrogens with two attached hydrogens (primary N) is 2. The Morgan fingerprint density at radius 3 is 2.08 bits per heavy atom. The molecule has 4 heteroatoms. The van der Waals surface area contributed by atoms with Crippen LogP contribution in [0.3, 0.4) is 0 Å². The largest absolute Gasteiger partial charge is 0.330 e. The lowest BCUT2D eigenvalue weighted by Gasteiger charge is -2.14. The van der Waals surface area contributed by atoms with Gasteiger partial charge in [0.1, 0.15) is 18.1 Å². The summed E-state index contributed by atoms with van der Waals surface area (Å²) in [6.45, 7) is 0.639. The van der Waals surface area contributed by atoms with Gasteiger partial charge in [0.05, 0.1) is 0 Å². The molecule has 0 spiro atoms. The molecule has 0 unspecified atom stereocenters. The highest BCUT2D eigenvalue weighted by atomic mass is 16.1. The summed E-state index contributed by atoms with van der Waals surface area (Å²) in [6.07, 6.45) is 4.01. The molecule has 0 amide bonds. The summed E-state index contributed by atoms with van der Waals surface area (Å²) in [4.78, 5) is 20.7. The second kappa shape index (κ2) is 5.85. The van der Waals surface area contributed by atoms with Gasteiger partial charge >= 0.3 is 0 Å². The van der Waals surface area contributed by atoms with Crippen LogP contribution in [0.4, 0.5) is 0 Å². The van der Waals surface area contributed by atoms with Crippen molar-refractivity contribution >= 4 is 12.6 Å². The minimum Gasteiger partial charge on any atom is -0.330 e. The van der Waals surface area contributed by atoms with E-state index in [1.807, 2.05) is 0 Å². The van der Waals surface area contributed by atoms with Crippen LogP contribution in [0.2, 0.25) is 0 Å². The van der Waals surface area contributed by atoms with E-state index in [1.165, 1.54) is 0 Å². The molecule has 0 fully saturated rings. The second-order valence-corrected chi connectivity index (χ2v) is 2.95. The third-order valence-corrected chi connectivity index (χ3v) is 1.75. The highest BCUT2D eigenvalue weighted by Gasteiger charge is 2.21. The van der Waals surface area contributed by atoms with Crippen LogP contribution in [0.5, 0.6) is 0 Å². The molecule has 0 rings (SSSR count). The molecule has 0 radical (unpaired) electrons. The molecule has 0 aliphatic heterocycles. The molecular weight excluding hydrogens is 156 g/mol. The predicted octanol–water partition coefficient (Wildman–Crippen LogP) is -0.399. The van der Waals surface area contributed by atoms with Crippen molar-refractivity contribution < 1.29 is 9.59 Å². The summed E-state index contributed by atoms with van der Waals surface area (Å²) in [5, 5.41) is 0. The van der Waals surface area contributed by atoms with Crippen LogP contribution in [0, 0.1) is 0 Å². The lowest BCUT2D eigenvalue weighted by Crippen LogP contribution is -2.43. The molecule has 70 valence electrons. The Morgan fingerprint density at radius 2 is 1.67 bits per heavy atom. The number of hydrogen-bond acceptors (Lipinski definition) is 4. The predicted molar refractivity (Wildman–Crippen MR) is 46.6 cm³/mol. The number of hydrogen-bond donors (Lipinski definition) is 2. The number of rotatable bonds is 7. The fraction of sp³-hybridized carbons (Fsp3) is 0.750. The van der Waals surface area contributed by atoms with Crippen molar-refractivity contribution in [3.05, 3.63) is 0 Å². The van der Waals surface area contributed by atoms with E-state index in [2.05, 4.69) is 0 Å². The Labute approximate surface area is 72.3 Å². The fourth-order valence-electron chi connectivity index (χ4n) is 0.898. The van der Waals surface area contributed by atoms with Crippen molar-refractivity contribution in [1.82, 2.24) is 0 Å². The molecule has 0 aromatic rings. The third kappa shape index (κ3) is 4.20. The molecule has 0 bridgehead atoms. The van der Waals surface area contributed by atoms with Gasteiger partial charge in [0.15, 0.2) is 0 Å². The zero-order valence-electron chi connectivity index (χ0n) is 7.16. The maximum absolute atomic E-state index is 10.3. The van der Waals surface area contributed by atoms with Crippen LogP contribution in [0.25, 0.3) is 0 Å². The highest BCUT2D eigenvalue weighted by Crippen LogP contribution is 2.07. The van der Waals surface area contributed by atoms with E-state index < -0.39 is 5.54 Å². The quantitative estimate of drug-likeness (QED) is 0.311. The molecule has 0 saturated carbocycles. The van der Waals surface area contributed by atoms with E-state index in [-0.39, 0.29) is 0 Å². The first-order valence-corrected chi connectivity index (χ1v) is 4.10. The van der Waals surface area contributed by atoms with E-state index >= 15 is 0 Å². The first kappa shape index (κ1) is 11.3. The van der Waals surface area contributed by atoms with Crippen LogP contribution in [-0.2, 0) is 9.59 Å². The standard InChI is InChI=1S/C8H16N2O2/c9-5-3-1-2-4-8(10,6-11)7-12/h6-7H,1-5,9-10H2. The highest BCUT2D eigenvalue weighted by molar-refractivity contribution is 5.88. The van der Waals surface area contributed by atoms with Gasteiger partial charge in [-0.15, -0.1) is 0 Å². The molecule has 0 heterocycles. The van der Waals surface area contributed by atoms with Gasteiger partial charge in [-0.3, -0.25) is 0 Å². The van der Waals surface area contributed by atoms with Gasteiger partial charge in [-0.25, -0.2) is 0 Å². The van der Waals surface area contributed by atoms with Crippen molar-refractivity contribution in [3.63, 3.8) is 0 Å². The summed E-state index contributed by atoms with van der Waals surface area (Å²) in [6, 6.07) is 0. The number of unbranched alkanes of at least 4 members (excludes halogenated alkanes) is 2. The van der Waals surface area contributed by atoms with Crippen molar-refractivity contribution in [3.8, 4) is 0 Å². The van der Waals surface area contributed by atoms with Crippen molar-refractivity contribution in [2.75, 3.05) is 6.54 Å². The van der Waals surface area contributed by atoms with Crippen molar-refractivity contribution in [2.45, 2.75) is 31.2 Å². The van der Waals surface area contributed by atoms with Crippen molar-refractivity contribution in [1.29, 1.82) is 0 Å². The minimum absolute atomic E-state index is 0.417. The van der Waals surface area contributed by atoms with Crippen molar-refractivity contribution in [2.24, 2.45) is 11.5 Å². The van der Waals surface area contributed by atoms with Gasteiger partial charge in [0.25, 0.3) is 0 Å². The lowest BCUT2D eigenvalue weighted by molar-refractivity contribution is -0.121. The van der Waals surface area contributed by atoms with Gasteiger partial charge in [-0.2, -0.15) is 0 Å². The number of carbonyl (C=O) groups is 2. The topological polar surface area (TPSA) is 86.2 Å². The van der Waals surface area contributed by atoms with E-state index in [0.29, 0.717) is 25.5 Å². The fourth-order valence-corrected chi connectivity index (χ4v) is 0.898. The van der Waals surface area contributed by atoms with Crippen LogP contribution in [-0.4, -0.2) is 24.7 Å². The average Bonchev–Trinajstić information content (AvgIpc) is 2.12. The monoisotopic (exact) mass is 172 g/mol. The Bertz CT molecular complexity index is 140. The zero-order valence-corrected chi connectivity index (χ0v) is 7.16. The Hall–Kier alpha value is -0.740. The normalized spacial score (nSPS) is 11.2. The summed E-state index contributed by atoms with van der Waals surface area (Å²) >= 11 is 0. The Kier molecular flexibility index (Phi) is 5.49. The molecule has 0 atom stereocenters. The maximum atomic E-state index is 10.3. The first-order chi connectivity index (χ1) is 5.68. The molecule has 4 N–H and O–H groups in total. The van der Waals surface area contributed by atoms with E-state index in [1.54, 1.807) is 0 Å². The SMILES string of the molecule is NCCCCCC(N)(C=O)C=O. The van der Waals surface area contributed by atoms with Crippen LogP contribution >= 0.6 is 0 Å².